The Bertz CT molecular complexity index is 585. The Labute approximate surface area is 187 Å². The Morgan fingerprint density at radius 3 is 2.43 bits per heavy atom. The van der Waals surface area contributed by atoms with Crippen molar-refractivity contribution in [3.63, 3.8) is 0 Å². The first-order valence-electron chi connectivity index (χ1n) is 10.3. The first-order chi connectivity index (χ1) is 13.2. The number of nitrogens with one attached hydrogen (secondary N) is 3. The normalized spacial score (nSPS) is 14.9. The number of hydrogen-bond acceptors (Lipinski definition) is 3. The van der Waals surface area contributed by atoms with Gasteiger partial charge in [-0.1, -0.05) is 25.5 Å². The van der Waals surface area contributed by atoms with Crippen LogP contribution in [0.25, 0.3) is 0 Å². The number of anilines is 1. The maximum Gasteiger partial charge on any atom is 0.224 e. The van der Waals surface area contributed by atoms with Gasteiger partial charge in [-0.2, -0.15) is 0 Å². The summed E-state index contributed by atoms with van der Waals surface area (Å²) in [6.45, 7) is 9.96. The van der Waals surface area contributed by atoms with Gasteiger partial charge in [-0.25, -0.2) is 4.99 Å². The zero-order valence-corrected chi connectivity index (χ0v) is 19.6. The summed E-state index contributed by atoms with van der Waals surface area (Å²) in [5, 5.41) is 9.65. The van der Waals surface area contributed by atoms with Crippen molar-refractivity contribution in [1.82, 2.24) is 15.5 Å². The summed E-state index contributed by atoms with van der Waals surface area (Å²) < 4.78 is 0. The number of nitrogens with zero attached hydrogens (tertiary/aromatic N) is 2. The molecule has 6 nitrogen and oxygen atoms in total. The molecule has 7 heteroatoms. The van der Waals surface area contributed by atoms with E-state index in [1.807, 2.05) is 31.2 Å². The van der Waals surface area contributed by atoms with E-state index < -0.39 is 0 Å². The Morgan fingerprint density at radius 1 is 1.07 bits per heavy atom. The highest BCUT2D eigenvalue weighted by Gasteiger charge is 2.09. The Kier molecular flexibility index (Phi) is 12.9. The Balaban J connectivity index is 0.00000392. The van der Waals surface area contributed by atoms with Crippen LogP contribution in [0.5, 0.6) is 0 Å². The minimum atomic E-state index is 0. The van der Waals surface area contributed by atoms with Gasteiger partial charge in [0.2, 0.25) is 5.91 Å². The number of rotatable bonds is 9. The number of likely N-dealkylation sites (tertiary alicyclic amines) is 1. The molecular formula is C21H36IN5O. The number of amides is 1. The minimum absolute atomic E-state index is 0. The average molecular weight is 501 g/mol. The molecule has 0 atom stereocenters. The van der Waals surface area contributed by atoms with E-state index in [0.717, 1.165) is 43.3 Å². The molecule has 1 amide bonds. The van der Waals surface area contributed by atoms with Gasteiger partial charge >= 0.3 is 0 Å². The Hall–Kier alpha value is -1.35. The number of aliphatic imine (C=N–C) groups is 1. The van der Waals surface area contributed by atoms with E-state index in [4.69, 9.17) is 0 Å². The van der Waals surface area contributed by atoms with Crippen molar-refractivity contribution >= 4 is 41.5 Å². The molecule has 1 saturated heterocycles. The van der Waals surface area contributed by atoms with E-state index in [2.05, 4.69) is 32.8 Å². The van der Waals surface area contributed by atoms with Crippen LogP contribution < -0.4 is 16.0 Å². The lowest BCUT2D eigenvalue weighted by Gasteiger charge is -2.26. The summed E-state index contributed by atoms with van der Waals surface area (Å²) in [5.74, 6) is 0.922. The quantitative estimate of drug-likeness (QED) is 0.275. The molecule has 28 heavy (non-hydrogen) atoms. The molecule has 1 aromatic carbocycles. The van der Waals surface area contributed by atoms with Gasteiger partial charge in [0, 0.05) is 31.7 Å². The molecule has 1 heterocycles. The number of halogens is 1. The summed E-state index contributed by atoms with van der Waals surface area (Å²) >= 11 is 0. The molecule has 0 saturated carbocycles. The molecule has 1 aromatic rings. The molecule has 0 spiro atoms. The molecule has 2 rings (SSSR count). The van der Waals surface area contributed by atoms with E-state index in [1.165, 1.54) is 32.4 Å². The van der Waals surface area contributed by atoms with Gasteiger partial charge in [-0.05, 0) is 57.0 Å². The van der Waals surface area contributed by atoms with Crippen LogP contribution in [0, 0.1) is 0 Å². The zero-order valence-electron chi connectivity index (χ0n) is 17.3. The average Bonchev–Trinajstić information content (AvgIpc) is 2.68. The molecule has 1 aliphatic rings. The molecule has 0 unspecified atom stereocenters. The van der Waals surface area contributed by atoms with Crippen molar-refractivity contribution in [1.29, 1.82) is 0 Å². The van der Waals surface area contributed by atoms with Crippen LogP contribution in [-0.4, -0.2) is 49.5 Å². The van der Waals surface area contributed by atoms with Crippen molar-refractivity contribution < 1.29 is 4.79 Å². The highest BCUT2D eigenvalue weighted by Crippen LogP contribution is 2.11. The molecule has 1 fully saturated rings. The zero-order chi connectivity index (χ0) is 19.3. The maximum atomic E-state index is 11.6. The standard InChI is InChI=1S/C21H35N5O.HI/c1-3-8-20(27)25-19-11-9-18(10-12-19)17-24-21(22-4-2)23-13-16-26-14-6-5-7-15-26;/h9-12H,3-8,13-17H2,1-2H3,(H,25,27)(H2,22,23,24);1H. The minimum Gasteiger partial charge on any atom is -0.357 e. The first-order valence-corrected chi connectivity index (χ1v) is 10.3. The fourth-order valence-electron chi connectivity index (χ4n) is 3.17. The van der Waals surface area contributed by atoms with Gasteiger partial charge in [-0.15, -0.1) is 24.0 Å². The van der Waals surface area contributed by atoms with Crippen LogP contribution in [0.1, 0.15) is 51.5 Å². The monoisotopic (exact) mass is 501 g/mol. The number of carbonyl (C=O) groups is 1. The van der Waals surface area contributed by atoms with Gasteiger partial charge in [0.05, 0.1) is 6.54 Å². The van der Waals surface area contributed by atoms with Crippen molar-refractivity contribution in [2.24, 2.45) is 4.99 Å². The number of carbonyl (C=O) groups excluding carboxylic acids is 1. The first kappa shape index (κ1) is 24.7. The third kappa shape index (κ3) is 9.73. The highest BCUT2D eigenvalue weighted by atomic mass is 127. The van der Waals surface area contributed by atoms with Crippen LogP contribution >= 0.6 is 24.0 Å². The summed E-state index contributed by atoms with van der Waals surface area (Å²) in [4.78, 5) is 18.8. The van der Waals surface area contributed by atoms with Crippen LogP contribution in [-0.2, 0) is 11.3 Å². The molecular weight excluding hydrogens is 465 g/mol. The summed E-state index contributed by atoms with van der Waals surface area (Å²) in [5.41, 5.74) is 1.96. The number of benzene rings is 1. The largest absolute Gasteiger partial charge is 0.357 e. The van der Waals surface area contributed by atoms with Crippen LogP contribution in [0.3, 0.4) is 0 Å². The lowest BCUT2D eigenvalue weighted by Crippen LogP contribution is -2.42. The lowest BCUT2D eigenvalue weighted by molar-refractivity contribution is -0.116. The fraction of sp³-hybridized carbons (Fsp3) is 0.619. The van der Waals surface area contributed by atoms with Crippen LogP contribution in [0.2, 0.25) is 0 Å². The molecule has 0 bridgehead atoms. The van der Waals surface area contributed by atoms with Crippen LogP contribution in [0.15, 0.2) is 29.3 Å². The molecule has 0 aliphatic carbocycles. The van der Waals surface area contributed by atoms with Crippen molar-refractivity contribution in [2.45, 2.75) is 52.5 Å². The second-order valence-electron chi connectivity index (χ2n) is 7.02. The van der Waals surface area contributed by atoms with Gasteiger partial charge in [-0.3, -0.25) is 4.79 Å². The highest BCUT2D eigenvalue weighted by molar-refractivity contribution is 14.0. The third-order valence-electron chi connectivity index (χ3n) is 4.65. The number of hydrogen-bond donors (Lipinski definition) is 3. The lowest BCUT2D eigenvalue weighted by atomic mass is 10.1. The molecule has 3 N–H and O–H groups in total. The second-order valence-corrected chi connectivity index (χ2v) is 7.02. The predicted molar refractivity (Wildman–Crippen MR) is 129 cm³/mol. The SMILES string of the molecule is CCCC(=O)Nc1ccc(CN=C(NCC)NCCN2CCCCC2)cc1.I. The molecule has 1 aliphatic heterocycles. The summed E-state index contributed by atoms with van der Waals surface area (Å²) in [7, 11) is 0. The summed E-state index contributed by atoms with van der Waals surface area (Å²) in [6, 6.07) is 7.91. The van der Waals surface area contributed by atoms with Gasteiger partial charge in [0.25, 0.3) is 0 Å². The molecule has 0 aromatic heterocycles. The van der Waals surface area contributed by atoms with Crippen molar-refractivity contribution in [3.05, 3.63) is 29.8 Å². The predicted octanol–water partition coefficient (Wildman–Crippen LogP) is 3.58. The van der Waals surface area contributed by atoms with E-state index >= 15 is 0 Å². The molecule has 158 valence electrons. The van der Waals surface area contributed by atoms with Crippen molar-refractivity contribution in [2.75, 3.05) is 38.0 Å². The third-order valence-corrected chi connectivity index (χ3v) is 4.65. The topological polar surface area (TPSA) is 68.8 Å². The number of piperidine rings is 1. The summed E-state index contributed by atoms with van der Waals surface area (Å²) in [6.07, 6.45) is 5.43. The molecule has 0 radical (unpaired) electrons. The van der Waals surface area contributed by atoms with E-state index in [0.29, 0.717) is 13.0 Å². The van der Waals surface area contributed by atoms with Crippen molar-refractivity contribution in [3.8, 4) is 0 Å². The van der Waals surface area contributed by atoms with E-state index in [1.54, 1.807) is 0 Å². The van der Waals surface area contributed by atoms with Gasteiger partial charge < -0.3 is 20.9 Å². The van der Waals surface area contributed by atoms with Crippen LogP contribution in [0.4, 0.5) is 5.69 Å². The maximum absolute atomic E-state index is 11.6. The second kappa shape index (κ2) is 14.6. The van der Waals surface area contributed by atoms with E-state index in [9.17, 15) is 4.79 Å². The van der Waals surface area contributed by atoms with Gasteiger partial charge in [0.1, 0.15) is 0 Å². The fourth-order valence-corrected chi connectivity index (χ4v) is 3.17. The smallest absolute Gasteiger partial charge is 0.224 e. The van der Waals surface area contributed by atoms with E-state index in [-0.39, 0.29) is 29.9 Å². The number of guanidine groups is 1. The van der Waals surface area contributed by atoms with Gasteiger partial charge in [0.15, 0.2) is 5.96 Å². The Morgan fingerprint density at radius 2 is 1.79 bits per heavy atom.